The molecule has 0 aliphatic carbocycles. The Labute approximate surface area is 185 Å². The standard InChI is InChI=1S/C23H25N5O4/c1-15-4-7-18(8-5-15)21-24-22(32-25-21)17(3)26-10-12-27(13-11-26)23(29)19-9-6-16(2)20(14-19)28(30)31/h4-9,14,17H,10-13H2,1-3H3. The third-order valence-electron chi connectivity index (χ3n) is 5.91. The number of aromatic nitrogens is 2. The van der Waals surface area contributed by atoms with Gasteiger partial charge in [-0.2, -0.15) is 4.98 Å². The van der Waals surface area contributed by atoms with Gasteiger partial charge in [-0.25, -0.2) is 0 Å². The Morgan fingerprint density at radius 1 is 1.09 bits per heavy atom. The number of benzene rings is 2. The highest BCUT2D eigenvalue weighted by atomic mass is 16.6. The van der Waals surface area contributed by atoms with Crippen LogP contribution in [0.15, 0.2) is 47.0 Å². The van der Waals surface area contributed by atoms with Crippen molar-refractivity contribution < 1.29 is 14.2 Å². The molecule has 1 saturated heterocycles. The zero-order valence-electron chi connectivity index (χ0n) is 18.3. The van der Waals surface area contributed by atoms with Crippen molar-refractivity contribution in [3.63, 3.8) is 0 Å². The van der Waals surface area contributed by atoms with E-state index in [4.69, 9.17) is 4.52 Å². The predicted octanol–water partition coefficient (Wildman–Crippen LogP) is 3.78. The van der Waals surface area contributed by atoms with Crippen LogP contribution in [0.25, 0.3) is 11.4 Å². The zero-order chi connectivity index (χ0) is 22.8. The Kier molecular flexibility index (Phi) is 6.00. The summed E-state index contributed by atoms with van der Waals surface area (Å²) in [7, 11) is 0. The highest BCUT2D eigenvalue weighted by Gasteiger charge is 2.29. The van der Waals surface area contributed by atoms with E-state index < -0.39 is 4.92 Å². The Balaban J connectivity index is 1.39. The molecule has 9 heteroatoms. The number of rotatable bonds is 5. The van der Waals surface area contributed by atoms with Crippen molar-refractivity contribution >= 4 is 11.6 Å². The molecule has 1 fully saturated rings. The van der Waals surface area contributed by atoms with E-state index in [0.717, 1.165) is 5.56 Å². The number of hydrogen-bond donors (Lipinski definition) is 0. The summed E-state index contributed by atoms with van der Waals surface area (Å²) in [5, 5.41) is 15.3. The van der Waals surface area contributed by atoms with E-state index in [2.05, 4.69) is 15.0 Å². The molecular weight excluding hydrogens is 410 g/mol. The van der Waals surface area contributed by atoms with Crippen LogP contribution >= 0.6 is 0 Å². The molecular formula is C23H25N5O4. The summed E-state index contributed by atoms with van der Waals surface area (Å²) in [6, 6.07) is 12.5. The summed E-state index contributed by atoms with van der Waals surface area (Å²) >= 11 is 0. The fourth-order valence-electron chi connectivity index (χ4n) is 3.81. The summed E-state index contributed by atoms with van der Waals surface area (Å²) in [6.45, 7) is 8.01. The van der Waals surface area contributed by atoms with E-state index in [9.17, 15) is 14.9 Å². The van der Waals surface area contributed by atoms with Crippen LogP contribution in [-0.4, -0.2) is 56.9 Å². The van der Waals surface area contributed by atoms with Crippen LogP contribution in [0.1, 0.15) is 40.3 Å². The molecule has 0 N–H and O–H groups in total. The molecule has 3 aromatic rings. The van der Waals surface area contributed by atoms with Crippen LogP contribution in [0, 0.1) is 24.0 Å². The van der Waals surface area contributed by atoms with Crippen molar-refractivity contribution in [2.75, 3.05) is 26.2 Å². The Morgan fingerprint density at radius 2 is 1.78 bits per heavy atom. The Bertz CT molecular complexity index is 1130. The van der Waals surface area contributed by atoms with Gasteiger partial charge in [0.15, 0.2) is 0 Å². The Morgan fingerprint density at radius 3 is 2.44 bits per heavy atom. The minimum atomic E-state index is -0.457. The van der Waals surface area contributed by atoms with Crippen LogP contribution in [-0.2, 0) is 0 Å². The lowest BCUT2D eigenvalue weighted by molar-refractivity contribution is -0.385. The molecule has 4 rings (SSSR count). The number of nitro benzene ring substituents is 1. The first-order valence-electron chi connectivity index (χ1n) is 10.5. The quantitative estimate of drug-likeness (QED) is 0.443. The van der Waals surface area contributed by atoms with Gasteiger partial charge in [-0.1, -0.05) is 41.1 Å². The van der Waals surface area contributed by atoms with E-state index in [1.54, 1.807) is 24.0 Å². The normalized spacial score (nSPS) is 15.5. The predicted molar refractivity (Wildman–Crippen MR) is 118 cm³/mol. The number of piperazine rings is 1. The number of carbonyl (C=O) groups is 1. The molecule has 0 radical (unpaired) electrons. The smallest absolute Gasteiger partial charge is 0.273 e. The third-order valence-corrected chi connectivity index (χ3v) is 5.91. The van der Waals surface area contributed by atoms with Crippen LogP contribution in [0.3, 0.4) is 0 Å². The van der Waals surface area contributed by atoms with Crippen LogP contribution in [0.4, 0.5) is 5.69 Å². The SMILES string of the molecule is Cc1ccc(-c2noc(C(C)N3CCN(C(=O)c4ccc(C)c([N+](=O)[O-])c4)CC3)n2)cc1. The van der Waals surface area contributed by atoms with E-state index in [1.165, 1.54) is 11.6 Å². The van der Waals surface area contributed by atoms with Gasteiger partial charge in [0.2, 0.25) is 11.7 Å². The first-order valence-corrected chi connectivity index (χ1v) is 10.5. The maximum absolute atomic E-state index is 12.9. The van der Waals surface area contributed by atoms with Gasteiger partial charge in [-0.3, -0.25) is 19.8 Å². The fraction of sp³-hybridized carbons (Fsp3) is 0.348. The molecule has 0 saturated carbocycles. The molecule has 0 spiro atoms. The summed E-state index contributed by atoms with van der Waals surface area (Å²) < 4.78 is 5.51. The lowest BCUT2D eigenvalue weighted by Gasteiger charge is -2.36. The number of carbonyl (C=O) groups excluding carboxylic acids is 1. The van der Waals surface area contributed by atoms with Gasteiger partial charge in [-0.15, -0.1) is 0 Å². The molecule has 1 aliphatic rings. The summed E-state index contributed by atoms with van der Waals surface area (Å²) in [4.78, 5) is 32.1. The maximum Gasteiger partial charge on any atom is 0.273 e. The molecule has 32 heavy (non-hydrogen) atoms. The molecule has 1 aliphatic heterocycles. The molecule has 1 unspecified atom stereocenters. The Hall–Kier alpha value is -3.59. The van der Waals surface area contributed by atoms with Crippen molar-refractivity contribution in [1.82, 2.24) is 19.9 Å². The molecule has 1 amide bonds. The van der Waals surface area contributed by atoms with Crippen molar-refractivity contribution in [1.29, 1.82) is 0 Å². The van der Waals surface area contributed by atoms with Crippen molar-refractivity contribution in [2.45, 2.75) is 26.8 Å². The van der Waals surface area contributed by atoms with Crippen molar-refractivity contribution in [3.8, 4) is 11.4 Å². The second-order valence-corrected chi connectivity index (χ2v) is 8.08. The minimum absolute atomic E-state index is 0.0381. The average Bonchev–Trinajstić information content (AvgIpc) is 3.29. The van der Waals surface area contributed by atoms with Crippen LogP contribution in [0.5, 0.6) is 0 Å². The largest absolute Gasteiger partial charge is 0.337 e. The molecule has 0 bridgehead atoms. The third kappa shape index (κ3) is 4.38. The van der Waals surface area contributed by atoms with Gasteiger partial charge < -0.3 is 9.42 Å². The number of nitro groups is 1. The molecule has 2 aromatic carbocycles. The summed E-state index contributed by atoms with van der Waals surface area (Å²) in [6.07, 6.45) is 0. The highest BCUT2D eigenvalue weighted by molar-refractivity contribution is 5.95. The second-order valence-electron chi connectivity index (χ2n) is 8.08. The maximum atomic E-state index is 12.9. The monoisotopic (exact) mass is 435 g/mol. The summed E-state index contributed by atoms with van der Waals surface area (Å²) in [5.41, 5.74) is 2.90. The first-order chi connectivity index (χ1) is 15.3. The van der Waals surface area contributed by atoms with Gasteiger partial charge in [0.05, 0.1) is 11.0 Å². The van der Waals surface area contributed by atoms with Gasteiger partial charge in [0.25, 0.3) is 11.6 Å². The number of aryl methyl sites for hydroxylation is 2. The zero-order valence-corrected chi connectivity index (χ0v) is 18.3. The molecule has 1 atom stereocenters. The lowest BCUT2D eigenvalue weighted by atomic mass is 10.1. The highest BCUT2D eigenvalue weighted by Crippen LogP contribution is 2.25. The number of amides is 1. The minimum Gasteiger partial charge on any atom is -0.337 e. The summed E-state index contributed by atoms with van der Waals surface area (Å²) in [5.74, 6) is 0.899. The average molecular weight is 435 g/mol. The van der Waals surface area contributed by atoms with Gasteiger partial charge >= 0.3 is 0 Å². The molecule has 2 heterocycles. The van der Waals surface area contributed by atoms with E-state index in [-0.39, 0.29) is 17.6 Å². The number of nitrogens with zero attached hydrogens (tertiary/aromatic N) is 5. The van der Waals surface area contributed by atoms with Crippen molar-refractivity contribution in [2.24, 2.45) is 0 Å². The van der Waals surface area contributed by atoms with Crippen LogP contribution in [0.2, 0.25) is 0 Å². The van der Waals surface area contributed by atoms with Crippen molar-refractivity contribution in [3.05, 3.63) is 75.2 Å². The first kappa shape index (κ1) is 21.6. The molecule has 9 nitrogen and oxygen atoms in total. The lowest BCUT2D eigenvalue weighted by Crippen LogP contribution is -2.49. The second kappa shape index (κ2) is 8.88. The fourth-order valence-corrected chi connectivity index (χ4v) is 3.81. The van der Waals surface area contributed by atoms with E-state index in [0.29, 0.717) is 49.0 Å². The topological polar surface area (TPSA) is 106 Å². The van der Waals surface area contributed by atoms with E-state index >= 15 is 0 Å². The molecule has 166 valence electrons. The van der Waals surface area contributed by atoms with Gasteiger partial charge in [-0.05, 0) is 26.8 Å². The van der Waals surface area contributed by atoms with Crippen LogP contribution < -0.4 is 0 Å². The van der Waals surface area contributed by atoms with Gasteiger partial charge in [0, 0.05) is 48.9 Å². The van der Waals surface area contributed by atoms with E-state index in [1.807, 2.05) is 38.1 Å². The number of hydrogen-bond acceptors (Lipinski definition) is 7. The van der Waals surface area contributed by atoms with Gasteiger partial charge in [0.1, 0.15) is 0 Å². The molecule has 1 aromatic heterocycles.